The highest BCUT2D eigenvalue weighted by molar-refractivity contribution is 5.98. The molecular formula is C13H18N2O2. The molecule has 2 N–H and O–H groups in total. The number of amides is 1. The molecule has 1 heterocycles. The SMILES string of the molecule is COCc1cccc2c1CCN2C(=O)C(C)N. The smallest absolute Gasteiger partial charge is 0.243 e. The summed E-state index contributed by atoms with van der Waals surface area (Å²) in [5.74, 6) is -0.0154. The topological polar surface area (TPSA) is 55.6 Å². The number of carbonyl (C=O) groups excluding carboxylic acids is 1. The van der Waals surface area contributed by atoms with E-state index in [-0.39, 0.29) is 5.91 Å². The molecule has 1 unspecified atom stereocenters. The van der Waals surface area contributed by atoms with Crippen molar-refractivity contribution < 1.29 is 9.53 Å². The molecule has 4 nitrogen and oxygen atoms in total. The van der Waals surface area contributed by atoms with Gasteiger partial charge in [-0.15, -0.1) is 0 Å². The van der Waals surface area contributed by atoms with Crippen molar-refractivity contribution in [3.63, 3.8) is 0 Å². The predicted octanol–water partition coefficient (Wildman–Crippen LogP) is 1.07. The number of anilines is 1. The van der Waals surface area contributed by atoms with Crippen molar-refractivity contribution >= 4 is 11.6 Å². The van der Waals surface area contributed by atoms with E-state index < -0.39 is 6.04 Å². The molecule has 0 fully saturated rings. The van der Waals surface area contributed by atoms with Crippen LogP contribution < -0.4 is 10.6 Å². The highest BCUT2D eigenvalue weighted by Gasteiger charge is 2.27. The van der Waals surface area contributed by atoms with Crippen LogP contribution in [0.4, 0.5) is 5.69 Å². The van der Waals surface area contributed by atoms with E-state index in [0.717, 1.165) is 24.2 Å². The molecule has 4 heteroatoms. The fourth-order valence-corrected chi connectivity index (χ4v) is 2.27. The van der Waals surface area contributed by atoms with Crippen LogP contribution in [0, 0.1) is 0 Å². The van der Waals surface area contributed by atoms with Gasteiger partial charge in [0.05, 0.1) is 12.6 Å². The lowest BCUT2D eigenvalue weighted by Gasteiger charge is -2.19. The number of hydrogen-bond donors (Lipinski definition) is 1. The number of fused-ring (bicyclic) bond motifs is 1. The van der Waals surface area contributed by atoms with Gasteiger partial charge in [-0.2, -0.15) is 0 Å². The van der Waals surface area contributed by atoms with Gasteiger partial charge < -0.3 is 15.4 Å². The fourth-order valence-electron chi connectivity index (χ4n) is 2.27. The zero-order valence-electron chi connectivity index (χ0n) is 10.3. The van der Waals surface area contributed by atoms with E-state index in [1.54, 1.807) is 18.9 Å². The zero-order chi connectivity index (χ0) is 12.4. The Labute approximate surface area is 101 Å². The maximum atomic E-state index is 11.9. The Morgan fingerprint density at radius 2 is 2.35 bits per heavy atom. The average Bonchev–Trinajstić information content (AvgIpc) is 2.73. The van der Waals surface area contributed by atoms with Crippen LogP contribution >= 0.6 is 0 Å². The summed E-state index contributed by atoms with van der Waals surface area (Å²) in [6.07, 6.45) is 0.882. The molecule has 0 saturated heterocycles. The quantitative estimate of drug-likeness (QED) is 0.851. The van der Waals surface area contributed by atoms with Crippen LogP contribution in [0.25, 0.3) is 0 Å². The average molecular weight is 234 g/mol. The van der Waals surface area contributed by atoms with Crippen LogP contribution in [-0.2, 0) is 22.6 Å². The van der Waals surface area contributed by atoms with Crippen LogP contribution in [-0.4, -0.2) is 25.6 Å². The first-order chi connectivity index (χ1) is 8.15. The summed E-state index contributed by atoms with van der Waals surface area (Å²) in [6.45, 7) is 3.03. The Kier molecular flexibility index (Phi) is 3.45. The minimum absolute atomic E-state index is 0.0154. The highest BCUT2D eigenvalue weighted by atomic mass is 16.5. The Morgan fingerprint density at radius 1 is 1.59 bits per heavy atom. The van der Waals surface area contributed by atoms with Crippen molar-refractivity contribution in [2.45, 2.75) is 26.0 Å². The van der Waals surface area contributed by atoms with Crippen molar-refractivity contribution in [3.05, 3.63) is 29.3 Å². The van der Waals surface area contributed by atoms with E-state index in [2.05, 4.69) is 0 Å². The lowest BCUT2D eigenvalue weighted by atomic mass is 10.1. The van der Waals surface area contributed by atoms with Crippen LogP contribution in [0.5, 0.6) is 0 Å². The first-order valence-corrected chi connectivity index (χ1v) is 5.81. The van der Waals surface area contributed by atoms with E-state index >= 15 is 0 Å². The van der Waals surface area contributed by atoms with E-state index in [1.807, 2.05) is 18.2 Å². The Bertz CT molecular complexity index is 429. The van der Waals surface area contributed by atoms with Crippen LogP contribution in [0.15, 0.2) is 18.2 Å². The fraction of sp³-hybridized carbons (Fsp3) is 0.462. The third-order valence-corrected chi connectivity index (χ3v) is 3.08. The summed E-state index contributed by atoms with van der Waals surface area (Å²) in [7, 11) is 1.68. The number of nitrogens with zero attached hydrogens (tertiary/aromatic N) is 1. The first-order valence-electron chi connectivity index (χ1n) is 5.81. The minimum Gasteiger partial charge on any atom is -0.380 e. The second-order valence-electron chi connectivity index (χ2n) is 4.38. The van der Waals surface area contributed by atoms with Crippen molar-refractivity contribution in [3.8, 4) is 0 Å². The molecule has 1 aliphatic heterocycles. The number of carbonyl (C=O) groups is 1. The van der Waals surface area contributed by atoms with E-state index in [1.165, 1.54) is 5.56 Å². The summed E-state index contributed by atoms with van der Waals surface area (Å²) in [4.78, 5) is 13.7. The third-order valence-electron chi connectivity index (χ3n) is 3.08. The van der Waals surface area contributed by atoms with Crippen molar-refractivity contribution in [2.24, 2.45) is 5.73 Å². The molecule has 2 rings (SSSR count). The maximum Gasteiger partial charge on any atom is 0.243 e. The van der Waals surface area contributed by atoms with Gasteiger partial charge in [-0.1, -0.05) is 12.1 Å². The van der Waals surface area contributed by atoms with Crippen LogP contribution in [0.2, 0.25) is 0 Å². The summed E-state index contributed by atoms with van der Waals surface area (Å²) >= 11 is 0. The predicted molar refractivity (Wildman–Crippen MR) is 66.9 cm³/mol. The lowest BCUT2D eigenvalue weighted by molar-refractivity contribution is -0.119. The van der Waals surface area contributed by atoms with Crippen LogP contribution in [0.3, 0.4) is 0 Å². The van der Waals surface area contributed by atoms with Crippen molar-refractivity contribution in [1.29, 1.82) is 0 Å². The molecule has 1 aromatic carbocycles. The van der Waals surface area contributed by atoms with Gasteiger partial charge in [-0.05, 0) is 30.5 Å². The summed E-state index contributed by atoms with van der Waals surface area (Å²) in [5, 5.41) is 0. The molecule has 1 aromatic rings. The van der Waals surface area contributed by atoms with Gasteiger partial charge in [0, 0.05) is 19.3 Å². The van der Waals surface area contributed by atoms with Gasteiger partial charge in [0.15, 0.2) is 0 Å². The number of ether oxygens (including phenoxy) is 1. The molecule has 0 aliphatic carbocycles. The van der Waals surface area contributed by atoms with Gasteiger partial charge in [-0.3, -0.25) is 4.79 Å². The molecule has 92 valence electrons. The van der Waals surface area contributed by atoms with E-state index in [4.69, 9.17) is 10.5 Å². The standard InChI is InChI=1S/C13H18N2O2/c1-9(14)13(16)15-7-6-11-10(8-17-2)4-3-5-12(11)15/h3-5,9H,6-8,14H2,1-2H3. The molecule has 1 aliphatic rings. The molecule has 0 radical (unpaired) electrons. The number of rotatable bonds is 3. The highest BCUT2D eigenvalue weighted by Crippen LogP contribution is 2.31. The Balaban J connectivity index is 2.32. The normalized spacial score (nSPS) is 15.8. The third kappa shape index (κ3) is 2.18. The molecule has 0 aromatic heterocycles. The maximum absolute atomic E-state index is 11.9. The zero-order valence-corrected chi connectivity index (χ0v) is 10.3. The largest absolute Gasteiger partial charge is 0.380 e. The molecule has 17 heavy (non-hydrogen) atoms. The van der Waals surface area contributed by atoms with Gasteiger partial charge >= 0.3 is 0 Å². The van der Waals surface area contributed by atoms with Gasteiger partial charge in [0.25, 0.3) is 0 Å². The second kappa shape index (κ2) is 4.85. The number of hydrogen-bond acceptors (Lipinski definition) is 3. The van der Waals surface area contributed by atoms with Gasteiger partial charge in [0.2, 0.25) is 5.91 Å². The Hall–Kier alpha value is -1.39. The molecule has 0 spiro atoms. The van der Waals surface area contributed by atoms with Crippen molar-refractivity contribution in [1.82, 2.24) is 0 Å². The molecular weight excluding hydrogens is 216 g/mol. The summed E-state index contributed by atoms with van der Waals surface area (Å²) in [5.41, 5.74) is 9.01. The van der Waals surface area contributed by atoms with E-state index in [9.17, 15) is 4.79 Å². The summed E-state index contributed by atoms with van der Waals surface area (Å²) < 4.78 is 5.17. The van der Waals surface area contributed by atoms with Crippen LogP contribution in [0.1, 0.15) is 18.1 Å². The molecule has 1 atom stereocenters. The van der Waals surface area contributed by atoms with E-state index in [0.29, 0.717) is 6.61 Å². The monoisotopic (exact) mass is 234 g/mol. The van der Waals surface area contributed by atoms with Gasteiger partial charge in [0.1, 0.15) is 0 Å². The molecule has 0 saturated carbocycles. The first kappa shape index (κ1) is 12.1. The lowest BCUT2D eigenvalue weighted by Crippen LogP contribution is -2.41. The number of methoxy groups -OCH3 is 1. The number of nitrogens with two attached hydrogens (primary N) is 1. The molecule has 1 amide bonds. The molecule has 0 bridgehead atoms. The second-order valence-corrected chi connectivity index (χ2v) is 4.38. The number of benzene rings is 1. The van der Waals surface area contributed by atoms with Crippen molar-refractivity contribution in [2.75, 3.05) is 18.6 Å². The minimum atomic E-state index is -0.452. The summed E-state index contributed by atoms with van der Waals surface area (Å²) in [6, 6.07) is 5.52. The van der Waals surface area contributed by atoms with Gasteiger partial charge in [-0.25, -0.2) is 0 Å². The Morgan fingerprint density at radius 3 is 3.00 bits per heavy atom.